The van der Waals surface area contributed by atoms with Crippen molar-refractivity contribution in [2.75, 3.05) is 5.73 Å². The molecule has 0 saturated heterocycles. The minimum Gasteiger partial charge on any atom is -0.398 e. The molecule has 0 saturated carbocycles. The molecule has 24 heavy (non-hydrogen) atoms. The zero-order valence-electron chi connectivity index (χ0n) is 17.3. The van der Waals surface area contributed by atoms with Gasteiger partial charge in [-0.3, -0.25) is 0 Å². The van der Waals surface area contributed by atoms with Crippen molar-refractivity contribution in [2.24, 2.45) is 5.92 Å². The van der Waals surface area contributed by atoms with E-state index in [1.54, 1.807) is 0 Å². The molecule has 0 fully saturated rings. The fraction of sp³-hybridized carbons (Fsp3) is 0.565. The molecule has 0 radical (unpaired) electrons. The van der Waals surface area contributed by atoms with Crippen LogP contribution in [0.1, 0.15) is 85.9 Å². The van der Waals surface area contributed by atoms with E-state index in [1.807, 2.05) is 0 Å². The largest absolute Gasteiger partial charge is 0.398 e. The topological polar surface area (TPSA) is 26.0 Å². The Morgan fingerprint density at radius 1 is 0.833 bits per heavy atom. The average molecular weight is 326 g/mol. The van der Waals surface area contributed by atoms with Gasteiger partial charge in [-0.25, -0.2) is 0 Å². The van der Waals surface area contributed by atoms with Crippen molar-refractivity contribution in [1.82, 2.24) is 0 Å². The first-order valence-electron chi connectivity index (χ1n) is 9.10. The molecule has 0 amide bonds. The fourth-order valence-electron chi connectivity index (χ4n) is 3.73. The molecule has 0 aromatic heterocycles. The summed E-state index contributed by atoms with van der Waals surface area (Å²) in [4.78, 5) is 0. The Morgan fingerprint density at radius 2 is 1.38 bits per heavy atom. The third kappa shape index (κ3) is 3.06. The van der Waals surface area contributed by atoms with Gasteiger partial charge in [0, 0.05) is 17.2 Å². The number of hydrogen-bond donors (Lipinski definition) is 1. The predicted molar refractivity (Wildman–Crippen MR) is 108 cm³/mol. The molecule has 1 aromatic carbocycles. The van der Waals surface area contributed by atoms with Crippen LogP contribution in [0.5, 0.6) is 0 Å². The second kappa shape index (κ2) is 5.79. The van der Waals surface area contributed by atoms with Gasteiger partial charge in [-0.1, -0.05) is 60.1 Å². The molecule has 0 aliphatic heterocycles. The van der Waals surface area contributed by atoms with E-state index in [4.69, 9.17) is 5.73 Å². The van der Waals surface area contributed by atoms with Gasteiger partial charge < -0.3 is 5.73 Å². The van der Waals surface area contributed by atoms with E-state index in [1.165, 1.54) is 39.0 Å². The van der Waals surface area contributed by atoms with Crippen LogP contribution in [0.2, 0.25) is 0 Å². The molecule has 2 rings (SSSR count). The first kappa shape index (κ1) is 18.8. The van der Waals surface area contributed by atoms with E-state index in [-0.39, 0.29) is 10.8 Å². The summed E-state index contributed by atoms with van der Waals surface area (Å²) in [6.45, 7) is 22.7. The molecule has 0 bridgehead atoms. The summed E-state index contributed by atoms with van der Waals surface area (Å²) < 4.78 is 0. The van der Waals surface area contributed by atoms with Gasteiger partial charge in [-0.15, -0.1) is 0 Å². The van der Waals surface area contributed by atoms with E-state index in [0.29, 0.717) is 5.92 Å². The van der Waals surface area contributed by atoms with Crippen molar-refractivity contribution in [3.05, 3.63) is 45.5 Å². The third-order valence-corrected chi connectivity index (χ3v) is 5.78. The summed E-state index contributed by atoms with van der Waals surface area (Å²) in [6.07, 6.45) is 0. The zero-order valence-corrected chi connectivity index (χ0v) is 17.3. The highest BCUT2D eigenvalue weighted by Gasteiger charge is 2.30. The number of hydrogen-bond acceptors (Lipinski definition) is 1. The van der Waals surface area contributed by atoms with Gasteiger partial charge in [0.15, 0.2) is 0 Å². The van der Waals surface area contributed by atoms with Crippen LogP contribution in [0.4, 0.5) is 5.69 Å². The number of rotatable bonds is 1. The minimum absolute atomic E-state index is 0.0356. The molecule has 1 atom stereocenters. The van der Waals surface area contributed by atoms with Crippen LogP contribution >= 0.6 is 0 Å². The fourth-order valence-corrected chi connectivity index (χ4v) is 3.73. The second-order valence-electron chi connectivity index (χ2n) is 9.55. The maximum Gasteiger partial charge on any atom is 0.0428 e. The van der Waals surface area contributed by atoms with Crippen molar-refractivity contribution in [2.45, 2.75) is 80.1 Å². The summed E-state index contributed by atoms with van der Waals surface area (Å²) in [7, 11) is 0. The Morgan fingerprint density at radius 3 is 1.75 bits per heavy atom. The van der Waals surface area contributed by atoms with Gasteiger partial charge in [0.1, 0.15) is 0 Å². The first-order valence-corrected chi connectivity index (χ1v) is 9.10. The van der Waals surface area contributed by atoms with Crippen LogP contribution in [0.25, 0.3) is 5.57 Å². The monoisotopic (exact) mass is 325 g/mol. The SMILES string of the molecule is CC1=C(C)C(C)C(c2cc(C(C)(C)C)cc(C(C)(C)C)c2N)=C1C. The quantitative estimate of drug-likeness (QED) is 0.577. The molecule has 132 valence electrons. The highest BCUT2D eigenvalue weighted by Crippen LogP contribution is 2.46. The number of anilines is 1. The van der Waals surface area contributed by atoms with E-state index in [0.717, 1.165) is 5.69 Å². The second-order valence-corrected chi connectivity index (χ2v) is 9.55. The van der Waals surface area contributed by atoms with Crippen LogP contribution in [0, 0.1) is 5.92 Å². The Bertz CT molecular complexity index is 731. The lowest BCUT2D eigenvalue weighted by molar-refractivity contribution is 0.569. The molecule has 0 heterocycles. The average Bonchev–Trinajstić information content (AvgIpc) is 2.61. The Labute approximate surface area is 149 Å². The van der Waals surface area contributed by atoms with E-state index >= 15 is 0 Å². The normalized spacial score (nSPS) is 19.5. The van der Waals surface area contributed by atoms with Crippen molar-refractivity contribution in [3.63, 3.8) is 0 Å². The van der Waals surface area contributed by atoms with Crippen molar-refractivity contribution in [1.29, 1.82) is 0 Å². The molecule has 1 aliphatic rings. The van der Waals surface area contributed by atoms with Crippen molar-refractivity contribution >= 4 is 11.3 Å². The standard InChI is InChI=1S/C23H35N/c1-13-14(2)16(4)20(15(13)3)18-11-17(22(5,6)7)12-19(21(18)24)23(8,9)10/h11-12,15H,24H2,1-10H3. The van der Waals surface area contributed by atoms with Gasteiger partial charge in [-0.05, 0) is 65.5 Å². The number of nitrogens with two attached hydrogens (primary N) is 1. The smallest absolute Gasteiger partial charge is 0.0428 e. The van der Waals surface area contributed by atoms with Gasteiger partial charge in [-0.2, -0.15) is 0 Å². The highest BCUT2D eigenvalue weighted by atomic mass is 14.6. The Balaban J connectivity index is 2.81. The van der Waals surface area contributed by atoms with Gasteiger partial charge in [0.05, 0.1) is 0 Å². The lowest BCUT2D eigenvalue weighted by Crippen LogP contribution is -2.20. The van der Waals surface area contributed by atoms with Crippen LogP contribution in [-0.2, 0) is 10.8 Å². The van der Waals surface area contributed by atoms with Crippen LogP contribution < -0.4 is 5.73 Å². The van der Waals surface area contributed by atoms with Crippen molar-refractivity contribution in [3.8, 4) is 0 Å². The molecular formula is C23H35N. The maximum absolute atomic E-state index is 6.72. The maximum atomic E-state index is 6.72. The number of nitrogen functional groups attached to an aromatic ring is 1. The number of benzene rings is 1. The summed E-state index contributed by atoms with van der Waals surface area (Å²) in [6, 6.07) is 4.66. The molecule has 2 N–H and O–H groups in total. The molecule has 1 aliphatic carbocycles. The van der Waals surface area contributed by atoms with Crippen LogP contribution in [0.15, 0.2) is 28.9 Å². The van der Waals surface area contributed by atoms with E-state index in [9.17, 15) is 0 Å². The summed E-state index contributed by atoms with van der Waals surface area (Å²) in [5, 5.41) is 0. The van der Waals surface area contributed by atoms with Gasteiger partial charge in [0.2, 0.25) is 0 Å². The van der Waals surface area contributed by atoms with E-state index < -0.39 is 0 Å². The lowest BCUT2D eigenvalue weighted by atomic mass is 9.76. The molecule has 1 nitrogen and oxygen atoms in total. The van der Waals surface area contributed by atoms with Gasteiger partial charge in [0.25, 0.3) is 0 Å². The summed E-state index contributed by atoms with van der Waals surface area (Å²) in [5.41, 5.74) is 17.4. The lowest BCUT2D eigenvalue weighted by Gasteiger charge is -2.29. The number of allylic oxidation sites excluding steroid dienone is 4. The van der Waals surface area contributed by atoms with E-state index in [2.05, 4.69) is 81.4 Å². The highest BCUT2D eigenvalue weighted by molar-refractivity contribution is 5.86. The third-order valence-electron chi connectivity index (χ3n) is 5.78. The van der Waals surface area contributed by atoms with Crippen LogP contribution in [0.3, 0.4) is 0 Å². The first-order chi connectivity index (χ1) is 10.8. The molecule has 1 heteroatoms. The predicted octanol–water partition coefficient (Wildman–Crippen LogP) is 6.62. The molecule has 1 unspecified atom stereocenters. The summed E-state index contributed by atoms with van der Waals surface area (Å²) >= 11 is 0. The minimum atomic E-state index is 0.0356. The Hall–Kier alpha value is -1.50. The molecule has 0 spiro atoms. The van der Waals surface area contributed by atoms with Gasteiger partial charge >= 0.3 is 0 Å². The molecular weight excluding hydrogens is 290 g/mol. The zero-order chi connectivity index (χ0) is 18.6. The van der Waals surface area contributed by atoms with Crippen LogP contribution in [-0.4, -0.2) is 0 Å². The molecule has 1 aromatic rings. The summed E-state index contributed by atoms with van der Waals surface area (Å²) in [5.74, 6) is 0.440. The Kier molecular flexibility index (Phi) is 4.54. The van der Waals surface area contributed by atoms with Crippen molar-refractivity contribution < 1.29 is 0 Å².